The number of morpholine rings is 1. The second-order valence-electron chi connectivity index (χ2n) is 8.60. The molecule has 32 heavy (non-hydrogen) atoms. The fourth-order valence-corrected chi connectivity index (χ4v) is 6.39. The predicted molar refractivity (Wildman–Crippen MR) is 118 cm³/mol. The lowest BCUT2D eigenvalue weighted by molar-refractivity contribution is 0.122. The maximum absolute atomic E-state index is 14.6. The van der Waals surface area contributed by atoms with Crippen LogP contribution in [0.5, 0.6) is 0 Å². The van der Waals surface area contributed by atoms with Crippen molar-refractivity contribution in [3.63, 3.8) is 0 Å². The molecule has 0 bridgehead atoms. The van der Waals surface area contributed by atoms with Crippen molar-refractivity contribution in [3.8, 4) is 6.07 Å². The number of nitriles is 1. The number of piperidine rings is 1. The molecule has 2 saturated heterocycles. The summed E-state index contributed by atoms with van der Waals surface area (Å²) in [5.74, 6) is 0.804. The topological polar surface area (TPSA) is 85.7 Å². The summed E-state index contributed by atoms with van der Waals surface area (Å²) in [5, 5.41) is 12.2. The second-order valence-corrected chi connectivity index (χ2v) is 10.5. The van der Waals surface area contributed by atoms with Gasteiger partial charge in [0.25, 0.3) is 0 Å². The lowest BCUT2D eigenvalue weighted by atomic mass is 10.2. The summed E-state index contributed by atoms with van der Waals surface area (Å²) in [6, 6.07) is 13.3. The van der Waals surface area contributed by atoms with Crippen molar-refractivity contribution in [1.82, 2.24) is 4.31 Å². The van der Waals surface area contributed by atoms with Crippen LogP contribution in [0.3, 0.4) is 0 Å². The Kier molecular flexibility index (Phi) is 5.53. The van der Waals surface area contributed by atoms with Gasteiger partial charge in [0.05, 0.1) is 35.4 Å². The highest BCUT2D eigenvalue weighted by Crippen LogP contribution is 2.52. The van der Waals surface area contributed by atoms with E-state index in [0.717, 1.165) is 5.69 Å². The molecule has 1 aliphatic carbocycles. The fourth-order valence-electron chi connectivity index (χ4n) is 4.87. The first kappa shape index (κ1) is 21.2. The van der Waals surface area contributed by atoms with Crippen molar-refractivity contribution in [2.24, 2.45) is 17.8 Å². The van der Waals surface area contributed by atoms with Gasteiger partial charge in [0.1, 0.15) is 5.82 Å². The van der Waals surface area contributed by atoms with E-state index >= 15 is 0 Å². The number of ether oxygens (including phenoxy) is 1. The highest BCUT2D eigenvalue weighted by molar-refractivity contribution is 7.89. The van der Waals surface area contributed by atoms with E-state index in [1.54, 1.807) is 0 Å². The molecular formula is C23H25FN4O3S. The average molecular weight is 457 g/mol. The van der Waals surface area contributed by atoms with Gasteiger partial charge in [-0.15, -0.1) is 0 Å². The highest BCUT2D eigenvalue weighted by Gasteiger charge is 2.57. The molecule has 2 atom stereocenters. The van der Waals surface area contributed by atoms with Crippen molar-refractivity contribution < 1.29 is 17.5 Å². The van der Waals surface area contributed by atoms with Crippen LogP contribution in [0.2, 0.25) is 0 Å². The first-order chi connectivity index (χ1) is 15.5. The molecule has 9 heteroatoms. The lowest BCUT2D eigenvalue weighted by Gasteiger charge is -2.29. The van der Waals surface area contributed by atoms with Crippen molar-refractivity contribution in [2.45, 2.75) is 4.90 Å². The molecule has 0 spiro atoms. The van der Waals surface area contributed by atoms with Crippen LogP contribution < -0.4 is 10.2 Å². The number of anilines is 2. The molecule has 0 aromatic heterocycles. The summed E-state index contributed by atoms with van der Waals surface area (Å²) in [6.45, 7) is 4.32. The standard InChI is InChI=1S/C23H25FN4O3S/c24-22-11-17(3-6-23(22)27-7-9-31-10-8-27)26-13-19-20-14-28(15-21(19)20)32(29,30)18-4-1-16(12-25)2-5-18/h1-6,11,19-21,26H,7-10,13-15H2. The van der Waals surface area contributed by atoms with Crippen LogP contribution >= 0.6 is 0 Å². The molecule has 2 aromatic rings. The van der Waals surface area contributed by atoms with Crippen LogP contribution in [0.1, 0.15) is 5.56 Å². The van der Waals surface area contributed by atoms with E-state index in [4.69, 9.17) is 10.00 Å². The van der Waals surface area contributed by atoms with Crippen LogP contribution in [0, 0.1) is 34.9 Å². The van der Waals surface area contributed by atoms with Crippen LogP contribution in [0.15, 0.2) is 47.4 Å². The van der Waals surface area contributed by atoms with Crippen molar-refractivity contribution in [2.75, 3.05) is 56.2 Å². The molecule has 2 aliphatic heterocycles. The third-order valence-electron chi connectivity index (χ3n) is 6.80. The van der Waals surface area contributed by atoms with Gasteiger partial charge in [-0.3, -0.25) is 0 Å². The first-order valence-electron chi connectivity index (χ1n) is 10.8. The number of rotatable bonds is 6. The molecule has 5 rings (SSSR count). The maximum atomic E-state index is 14.6. The number of nitrogens with one attached hydrogen (secondary N) is 1. The SMILES string of the molecule is N#Cc1ccc(S(=O)(=O)N2CC3C(CNc4ccc(N5CCOCC5)c(F)c4)C3C2)cc1. The van der Waals surface area contributed by atoms with Crippen molar-refractivity contribution in [1.29, 1.82) is 5.26 Å². The Bertz CT molecular complexity index is 1130. The zero-order valence-electron chi connectivity index (χ0n) is 17.6. The third kappa shape index (κ3) is 3.94. The molecule has 0 radical (unpaired) electrons. The van der Waals surface area contributed by atoms with Crippen LogP contribution in [0.25, 0.3) is 0 Å². The van der Waals surface area contributed by atoms with Crippen LogP contribution in [0.4, 0.5) is 15.8 Å². The zero-order chi connectivity index (χ0) is 22.3. The van der Waals surface area contributed by atoms with Gasteiger partial charge in [0.2, 0.25) is 10.0 Å². The number of benzene rings is 2. The molecule has 1 saturated carbocycles. The molecular weight excluding hydrogens is 431 g/mol. The number of fused-ring (bicyclic) bond motifs is 1. The Hall–Kier alpha value is -2.67. The van der Waals surface area contributed by atoms with Crippen LogP contribution in [-0.2, 0) is 14.8 Å². The normalized spacial score (nSPS) is 25.2. The third-order valence-corrected chi connectivity index (χ3v) is 8.65. The molecule has 7 nitrogen and oxygen atoms in total. The molecule has 168 valence electrons. The summed E-state index contributed by atoms with van der Waals surface area (Å²) >= 11 is 0. The Morgan fingerprint density at radius 3 is 2.41 bits per heavy atom. The average Bonchev–Trinajstić information content (AvgIpc) is 3.25. The Morgan fingerprint density at radius 1 is 1.09 bits per heavy atom. The Balaban J connectivity index is 1.15. The summed E-state index contributed by atoms with van der Waals surface area (Å²) in [5.41, 5.74) is 1.78. The Labute approximate surface area is 187 Å². The largest absolute Gasteiger partial charge is 0.385 e. The minimum atomic E-state index is -3.54. The van der Waals surface area contributed by atoms with E-state index in [1.807, 2.05) is 23.1 Å². The quantitative estimate of drug-likeness (QED) is 0.719. The van der Waals surface area contributed by atoms with Crippen molar-refractivity contribution >= 4 is 21.4 Å². The highest BCUT2D eigenvalue weighted by atomic mass is 32.2. The number of hydrogen-bond acceptors (Lipinski definition) is 6. The number of nitrogens with zero attached hydrogens (tertiary/aromatic N) is 3. The summed E-state index contributed by atoms with van der Waals surface area (Å²) < 4.78 is 47.2. The summed E-state index contributed by atoms with van der Waals surface area (Å²) in [7, 11) is -3.54. The molecule has 3 fully saturated rings. The summed E-state index contributed by atoms with van der Waals surface area (Å²) in [4.78, 5) is 2.22. The maximum Gasteiger partial charge on any atom is 0.243 e. The van der Waals surface area contributed by atoms with E-state index in [0.29, 0.717) is 74.9 Å². The second kappa shape index (κ2) is 8.35. The molecule has 2 heterocycles. The Morgan fingerprint density at radius 2 is 1.78 bits per heavy atom. The van der Waals surface area contributed by atoms with Crippen LogP contribution in [-0.4, -0.2) is 58.7 Å². The fraction of sp³-hybridized carbons (Fsp3) is 0.435. The zero-order valence-corrected chi connectivity index (χ0v) is 18.4. The minimum Gasteiger partial charge on any atom is -0.385 e. The number of sulfonamides is 1. The smallest absolute Gasteiger partial charge is 0.243 e. The van der Waals surface area contributed by atoms with E-state index < -0.39 is 10.0 Å². The van der Waals surface area contributed by atoms with E-state index in [9.17, 15) is 12.8 Å². The molecule has 2 aromatic carbocycles. The summed E-state index contributed by atoms with van der Waals surface area (Å²) in [6.07, 6.45) is 0. The number of halogens is 1. The molecule has 2 unspecified atom stereocenters. The van der Waals surface area contributed by atoms with Gasteiger partial charge < -0.3 is 15.0 Å². The van der Waals surface area contributed by atoms with E-state index in [1.165, 1.54) is 34.6 Å². The van der Waals surface area contributed by atoms with E-state index in [2.05, 4.69) is 5.32 Å². The van der Waals surface area contributed by atoms with Gasteiger partial charge in [-0.1, -0.05) is 0 Å². The minimum absolute atomic E-state index is 0.225. The van der Waals surface area contributed by atoms with Gasteiger partial charge >= 0.3 is 0 Å². The van der Waals surface area contributed by atoms with Gasteiger partial charge in [-0.25, -0.2) is 12.8 Å². The molecule has 1 N–H and O–H groups in total. The molecule has 0 amide bonds. The van der Waals surface area contributed by atoms with Gasteiger partial charge in [-0.2, -0.15) is 9.57 Å². The van der Waals surface area contributed by atoms with Crippen molar-refractivity contribution in [3.05, 3.63) is 53.8 Å². The first-order valence-corrected chi connectivity index (χ1v) is 12.3. The monoisotopic (exact) mass is 456 g/mol. The lowest BCUT2D eigenvalue weighted by Crippen LogP contribution is -2.36. The van der Waals surface area contributed by atoms with Gasteiger partial charge in [0.15, 0.2) is 0 Å². The molecule has 3 aliphatic rings. The van der Waals surface area contributed by atoms with Gasteiger partial charge in [-0.05, 0) is 60.2 Å². The number of hydrogen-bond donors (Lipinski definition) is 1. The van der Waals surface area contributed by atoms with Gasteiger partial charge in [0, 0.05) is 38.4 Å². The van der Waals surface area contributed by atoms with E-state index in [-0.39, 0.29) is 10.7 Å². The predicted octanol–water partition coefficient (Wildman–Crippen LogP) is 2.51.